The molecule has 3 heterocycles. The summed E-state index contributed by atoms with van der Waals surface area (Å²) >= 11 is 1.78. The smallest absolute Gasteiger partial charge is 0.371 e. The molecule has 0 fully saturated rings. The van der Waals surface area contributed by atoms with Crippen molar-refractivity contribution in [1.29, 1.82) is 0 Å². The molecule has 5 heteroatoms. The maximum Gasteiger partial charge on any atom is 3.00 e. The van der Waals surface area contributed by atoms with Gasteiger partial charge in [-0.3, -0.25) is 0 Å². The molecule has 0 radical (unpaired) electrons. The van der Waals surface area contributed by atoms with Crippen LogP contribution in [0.25, 0.3) is 11.1 Å². The number of benzene rings is 3. The molecule has 0 atom stereocenters. The Morgan fingerprint density at radius 2 is 1.45 bits per heavy atom. The zero-order chi connectivity index (χ0) is 21.6. The van der Waals surface area contributed by atoms with Gasteiger partial charge >= 0.3 is 20.1 Å². The van der Waals surface area contributed by atoms with E-state index in [0.29, 0.717) is 0 Å². The van der Waals surface area contributed by atoms with Gasteiger partial charge in [0, 0.05) is 11.1 Å². The standard InChI is InChI=1S/C17H11N2S.C11H7N.Ir/c1-3-9-15-13(7-1)19(17-11-5-6-12-18-17)14-8-2-4-10-16(14)20-15;1-2-5-10(6-3-1)11-7-4-8-12-9-11;/h1-7,9-12H;1-5,7-8H;/q-1;-2;+3. The molecule has 2 aromatic heterocycles. The molecule has 0 N–H and O–H groups in total. The molecule has 0 saturated carbocycles. The Hall–Kier alpha value is -3.24. The van der Waals surface area contributed by atoms with Crippen LogP contribution in [0.4, 0.5) is 17.2 Å². The van der Waals surface area contributed by atoms with Crippen LogP contribution in [0.2, 0.25) is 0 Å². The second-order valence-corrected chi connectivity index (χ2v) is 8.00. The quantitative estimate of drug-likeness (QED) is 0.192. The Labute approximate surface area is 211 Å². The first-order valence-corrected chi connectivity index (χ1v) is 11.0. The van der Waals surface area contributed by atoms with Crippen molar-refractivity contribution in [1.82, 2.24) is 9.97 Å². The van der Waals surface area contributed by atoms with Crippen molar-refractivity contribution >= 4 is 29.0 Å². The van der Waals surface area contributed by atoms with E-state index in [0.717, 1.165) is 28.3 Å². The summed E-state index contributed by atoms with van der Waals surface area (Å²) in [6.45, 7) is 0. The molecule has 0 saturated heterocycles. The molecular weight excluding hydrogens is 603 g/mol. The normalized spacial score (nSPS) is 11.2. The SMILES string of the molecule is [Ir+3].[c-]1cccc2c1N(c1ccccn1)c1ccccc1S2.[c-]1ccccc1-c1[c-]nccc1. The topological polar surface area (TPSA) is 29.0 Å². The zero-order valence-corrected chi connectivity index (χ0v) is 20.7. The van der Waals surface area contributed by atoms with Crippen LogP contribution < -0.4 is 4.90 Å². The van der Waals surface area contributed by atoms with Crippen molar-refractivity contribution in [2.75, 3.05) is 4.90 Å². The third-order valence-corrected chi connectivity index (χ3v) is 5.95. The van der Waals surface area contributed by atoms with E-state index in [2.05, 4.69) is 63.5 Å². The van der Waals surface area contributed by atoms with Gasteiger partial charge in [-0.15, -0.1) is 12.1 Å². The Kier molecular flexibility index (Phi) is 7.69. The molecule has 1 aliphatic rings. The van der Waals surface area contributed by atoms with E-state index in [9.17, 15) is 0 Å². The average Bonchev–Trinajstić information content (AvgIpc) is 2.89. The van der Waals surface area contributed by atoms with E-state index < -0.39 is 0 Å². The molecule has 5 aromatic rings. The van der Waals surface area contributed by atoms with Crippen LogP contribution in [-0.2, 0) is 20.1 Å². The number of pyridine rings is 2. The minimum atomic E-state index is 0. The molecular formula is C28H18IrN3S. The summed E-state index contributed by atoms with van der Waals surface area (Å²) in [5, 5.41) is 0. The van der Waals surface area contributed by atoms with Gasteiger partial charge in [0.1, 0.15) is 5.82 Å². The van der Waals surface area contributed by atoms with Gasteiger partial charge in [-0.05, 0) is 24.3 Å². The number of fused-ring (bicyclic) bond motifs is 2. The molecule has 160 valence electrons. The molecule has 0 spiro atoms. The predicted molar refractivity (Wildman–Crippen MR) is 129 cm³/mol. The molecule has 0 aliphatic carbocycles. The van der Waals surface area contributed by atoms with Crippen LogP contribution in [0.15, 0.2) is 119 Å². The van der Waals surface area contributed by atoms with Gasteiger partial charge in [0.25, 0.3) is 0 Å². The minimum absolute atomic E-state index is 0. The monoisotopic (exact) mass is 621 g/mol. The van der Waals surface area contributed by atoms with Crippen LogP contribution in [0.1, 0.15) is 0 Å². The van der Waals surface area contributed by atoms with Crippen molar-refractivity contribution in [3.63, 3.8) is 0 Å². The van der Waals surface area contributed by atoms with E-state index in [1.54, 1.807) is 18.0 Å². The second kappa shape index (κ2) is 11.1. The molecule has 6 rings (SSSR count). The van der Waals surface area contributed by atoms with Gasteiger partial charge in [-0.25, -0.2) is 16.1 Å². The number of anilines is 3. The van der Waals surface area contributed by atoms with Crippen molar-refractivity contribution in [2.45, 2.75) is 9.79 Å². The largest absolute Gasteiger partial charge is 3.00 e. The first-order chi connectivity index (χ1) is 15.9. The van der Waals surface area contributed by atoms with Gasteiger partial charge in [-0.1, -0.05) is 41.2 Å². The van der Waals surface area contributed by atoms with Crippen LogP contribution >= 0.6 is 11.8 Å². The van der Waals surface area contributed by atoms with Gasteiger partial charge in [0.15, 0.2) is 0 Å². The predicted octanol–water partition coefficient (Wildman–Crippen LogP) is 7.16. The molecule has 0 amide bonds. The summed E-state index contributed by atoms with van der Waals surface area (Å²) < 4.78 is 0. The molecule has 0 bridgehead atoms. The van der Waals surface area contributed by atoms with Gasteiger partial charge in [-0.2, -0.15) is 66.4 Å². The van der Waals surface area contributed by atoms with Gasteiger partial charge < -0.3 is 9.88 Å². The van der Waals surface area contributed by atoms with Crippen LogP contribution in [0.3, 0.4) is 0 Å². The fraction of sp³-hybridized carbons (Fsp3) is 0. The molecule has 3 nitrogen and oxygen atoms in total. The summed E-state index contributed by atoms with van der Waals surface area (Å²) in [4.78, 5) is 13.0. The van der Waals surface area contributed by atoms with E-state index in [-0.39, 0.29) is 20.1 Å². The first-order valence-electron chi connectivity index (χ1n) is 10.2. The van der Waals surface area contributed by atoms with Crippen molar-refractivity contribution in [3.8, 4) is 11.1 Å². The van der Waals surface area contributed by atoms with E-state index in [4.69, 9.17) is 0 Å². The Bertz CT molecular complexity index is 1220. The van der Waals surface area contributed by atoms with Crippen LogP contribution in [0.5, 0.6) is 0 Å². The zero-order valence-electron chi connectivity index (χ0n) is 17.5. The molecule has 33 heavy (non-hydrogen) atoms. The number of aromatic nitrogens is 2. The number of para-hydroxylation sites is 2. The van der Waals surface area contributed by atoms with Gasteiger partial charge in [0.2, 0.25) is 0 Å². The molecule has 3 aromatic carbocycles. The second-order valence-electron chi connectivity index (χ2n) is 6.92. The van der Waals surface area contributed by atoms with Crippen LogP contribution in [-0.4, -0.2) is 9.97 Å². The number of hydrogen-bond donors (Lipinski definition) is 0. The fourth-order valence-corrected chi connectivity index (χ4v) is 4.44. The summed E-state index contributed by atoms with van der Waals surface area (Å²) in [7, 11) is 0. The van der Waals surface area contributed by atoms with E-state index >= 15 is 0 Å². The van der Waals surface area contributed by atoms with Crippen LogP contribution in [0, 0.1) is 18.3 Å². The minimum Gasteiger partial charge on any atom is -0.371 e. The summed E-state index contributed by atoms with van der Waals surface area (Å²) in [6.07, 6.45) is 6.44. The fourth-order valence-electron chi connectivity index (χ4n) is 3.40. The Balaban J connectivity index is 0.000000172. The van der Waals surface area contributed by atoms with E-state index in [1.165, 1.54) is 9.79 Å². The summed E-state index contributed by atoms with van der Waals surface area (Å²) in [5.41, 5.74) is 4.24. The van der Waals surface area contributed by atoms with Gasteiger partial charge in [0.05, 0.1) is 5.69 Å². The first kappa shape index (κ1) is 22.9. The Morgan fingerprint density at radius 1 is 0.667 bits per heavy atom. The summed E-state index contributed by atoms with van der Waals surface area (Å²) in [6, 6.07) is 38.6. The molecule has 0 unspecified atom stereocenters. The maximum absolute atomic E-state index is 4.50. The number of nitrogens with zero attached hydrogens (tertiary/aromatic N) is 3. The van der Waals surface area contributed by atoms with E-state index in [1.807, 2.05) is 72.9 Å². The number of rotatable bonds is 2. The number of hydrogen-bond acceptors (Lipinski definition) is 4. The molecule has 1 aliphatic heterocycles. The summed E-state index contributed by atoms with van der Waals surface area (Å²) in [5.74, 6) is 0.920. The average molecular weight is 621 g/mol. The van der Waals surface area contributed by atoms with Crippen molar-refractivity contribution < 1.29 is 20.1 Å². The van der Waals surface area contributed by atoms with Crippen molar-refractivity contribution in [3.05, 3.63) is 128 Å². The third kappa shape index (κ3) is 5.23. The maximum atomic E-state index is 4.50. The third-order valence-electron chi connectivity index (χ3n) is 4.83. The van der Waals surface area contributed by atoms with Crippen molar-refractivity contribution in [2.24, 2.45) is 0 Å². The Morgan fingerprint density at radius 3 is 2.24 bits per heavy atom.